The molecule has 0 spiro atoms. The van der Waals surface area contributed by atoms with Gasteiger partial charge in [-0.25, -0.2) is 0 Å². The molecule has 0 aliphatic carbocycles. The summed E-state index contributed by atoms with van der Waals surface area (Å²) in [6.45, 7) is 2.92. The van der Waals surface area contributed by atoms with Crippen molar-refractivity contribution in [1.82, 2.24) is 15.1 Å². The van der Waals surface area contributed by atoms with Crippen molar-refractivity contribution in [1.29, 1.82) is 0 Å². The molecule has 0 saturated carbocycles. The summed E-state index contributed by atoms with van der Waals surface area (Å²) in [4.78, 5) is 25.6. The molecule has 0 bridgehead atoms. The van der Waals surface area contributed by atoms with Crippen LogP contribution in [0, 0.1) is 0 Å². The van der Waals surface area contributed by atoms with Gasteiger partial charge in [-0.05, 0) is 18.6 Å². The number of rotatable bonds is 4. The van der Waals surface area contributed by atoms with Gasteiger partial charge in [0.05, 0.1) is 6.54 Å². The molecule has 8 heteroatoms. The van der Waals surface area contributed by atoms with E-state index in [2.05, 4.69) is 10.2 Å². The average Bonchev–Trinajstić information content (AvgIpc) is 2.64. The predicted molar refractivity (Wildman–Crippen MR) is 71.5 cm³/mol. The number of carbonyl (C=O) groups is 2. The van der Waals surface area contributed by atoms with Crippen LogP contribution >= 0.6 is 0 Å². The third-order valence-electron chi connectivity index (χ3n) is 3.17. The molecule has 1 aliphatic heterocycles. The number of aliphatic carboxylic acids is 1. The fraction of sp³-hybridized carbons (Fsp3) is 0.500. The molecular formula is C12H17N5O3. The average molecular weight is 279 g/mol. The van der Waals surface area contributed by atoms with E-state index in [4.69, 9.17) is 10.8 Å². The molecule has 20 heavy (non-hydrogen) atoms. The van der Waals surface area contributed by atoms with E-state index in [0.29, 0.717) is 18.9 Å². The summed E-state index contributed by atoms with van der Waals surface area (Å²) in [6.07, 6.45) is 0.854. The van der Waals surface area contributed by atoms with Crippen molar-refractivity contribution in [3.8, 4) is 0 Å². The Kier molecular flexibility index (Phi) is 4.46. The van der Waals surface area contributed by atoms with Crippen LogP contribution in [0.15, 0.2) is 12.1 Å². The van der Waals surface area contributed by atoms with Gasteiger partial charge in [-0.1, -0.05) is 0 Å². The molecule has 1 aliphatic rings. The molecule has 2 rings (SSSR count). The normalized spacial score (nSPS) is 16.7. The molecule has 1 aromatic heterocycles. The first kappa shape index (κ1) is 14.2. The number of hydrogen-bond acceptors (Lipinski definition) is 6. The highest BCUT2D eigenvalue weighted by Crippen LogP contribution is 2.12. The minimum Gasteiger partial charge on any atom is -0.480 e. The standard InChI is InChI=1S/C12H17N5O3/c13-12(20)9-2-3-10(15-14-9)17-5-1-4-16(6-7-17)8-11(18)19/h2-3H,1,4-8H2,(H2,13,20)(H,18,19). The van der Waals surface area contributed by atoms with Crippen LogP contribution in [0.5, 0.6) is 0 Å². The maximum absolute atomic E-state index is 10.9. The SMILES string of the molecule is NC(=O)c1ccc(N2CCCN(CC(=O)O)CC2)nn1. The number of aromatic nitrogens is 2. The van der Waals surface area contributed by atoms with E-state index < -0.39 is 11.9 Å². The number of amides is 1. The Labute approximate surface area is 116 Å². The summed E-state index contributed by atoms with van der Waals surface area (Å²) in [5, 5.41) is 16.6. The van der Waals surface area contributed by atoms with Gasteiger partial charge >= 0.3 is 5.97 Å². The topological polar surface area (TPSA) is 113 Å². The van der Waals surface area contributed by atoms with Crippen molar-refractivity contribution >= 4 is 17.7 Å². The molecule has 8 nitrogen and oxygen atoms in total. The van der Waals surface area contributed by atoms with Crippen molar-refractivity contribution in [2.24, 2.45) is 5.73 Å². The number of carboxylic acid groups (broad SMARTS) is 1. The zero-order valence-corrected chi connectivity index (χ0v) is 11.0. The van der Waals surface area contributed by atoms with Gasteiger partial charge < -0.3 is 15.7 Å². The van der Waals surface area contributed by atoms with Crippen LogP contribution in [0.4, 0.5) is 5.82 Å². The number of carbonyl (C=O) groups excluding carboxylic acids is 1. The quantitative estimate of drug-likeness (QED) is 0.739. The van der Waals surface area contributed by atoms with Crippen LogP contribution in [0.1, 0.15) is 16.9 Å². The van der Waals surface area contributed by atoms with Crippen LogP contribution in [-0.4, -0.2) is 64.8 Å². The van der Waals surface area contributed by atoms with Gasteiger partial charge in [0, 0.05) is 26.2 Å². The lowest BCUT2D eigenvalue weighted by Crippen LogP contribution is -2.34. The van der Waals surface area contributed by atoms with Crippen molar-refractivity contribution in [3.63, 3.8) is 0 Å². The molecule has 0 unspecified atom stereocenters. The van der Waals surface area contributed by atoms with E-state index in [1.807, 2.05) is 9.80 Å². The monoisotopic (exact) mass is 279 g/mol. The Morgan fingerprint density at radius 3 is 2.60 bits per heavy atom. The van der Waals surface area contributed by atoms with Gasteiger partial charge in [0.1, 0.15) is 0 Å². The summed E-state index contributed by atoms with van der Waals surface area (Å²) < 4.78 is 0. The van der Waals surface area contributed by atoms with E-state index in [0.717, 1.165) is 19.5 Å². The van der Waals surface area contributed by atoms with Crippen molar-refractivity contribution in [3.05, 3.63) is 17.8 Å². The summed E-state index contributed by atoms with van der Waals surface area (Å²) in [5.41, 5.74) is 5.25. The maximum Gasteiger partial charge on any atom is 0.317 e. The minimum absolute atomic E-state index is 0.0557. The highest BCUT2D eigenvalue weighted by atomic mass is 16.4. The third kappa shape index (κ3) is 3.64. The zero-order chi connectivity index (χ0) is 14.5. The second kappa shape index (κ2) is 6.29. The van der Waals surface area contributed by atoms with Gasteiger partial charge in [0.25, 0.3) is 5.91 Å². The van der Waals surface area contributed by atoms with Gasteiger partial charge in [0.2, 0.25) is 0 Å². The van der Waals surface area contributed by atoms with Gasteiger partial charge in [-0.15, -0.1) is 10.2 Å². The zero-order valence-electron chi connectivity index (χ0n) is 11.0. The number of hydrogen-bond donors (Lipinski definition) is 2. The Hall–Kier alpha value is -2.22. The molecule has 0 atom stereocenters. The second-order valence-electron chi connectivity index (χ2n) is 4.65. The third-order valence-corrected chi connectivity index (χ3v) is 3.17. The molecule has 108 valence electrons. The number of carboxylic acids is 1. The van der Waals surface area contributed by atoms with E-state index >= 15 is 0 Å². The Morgan fingerprint density at radius 2 is 2.00 bits per heavy atom. The van der Waals surface area contributed by atoms with Crippen LogP contribution < -0.4 is 10.6 Å². The fourth-order valence-corrected chi connectivity index (χ4v) is 2.17. The van der Waals surface area contributed by atoms with Crippen LogP contribution in [-0.2, 0) is 4.79 Å². The van der Waals surface area contributed by atoms with Gasteiger partial charge in [-0.2, -0.15) is 0 Å². The Bertz CT molecular complexity index is 490. The van der Waals surface area contributed by atoms with Gasteiger partial charge in [-0.3, -0.25) is 14.5 Å². The van der Waals surface area contributed by atoms with Gasteiger partial charge in [0.15, 0.2) is 11.5 Å². The highest BCUT2D eigenvalue weighted by Gasteiger charge is 2.18. The van der Waals surface area contributed by atoms with E-state index in [-0.39, 0.29) is 12.2 Å². The Balaban J connectivity index is 1.99. The summed E-state index contributed by atoms with van der Waals surface area (Å²) >= 11 is 0. The minimum atomic E-state index is -0.816. The smallest absolute Gasteiger partial charge is 0.317 e. The summed E-state index contributed by atoms with van der Waals surface area (Å²) in [7, 11) is 0. The number of anilines is 1. The lowest BCUT2D eigenvalue weighted by atomic mass is 10.3. The van der Waals surface area contributed by atoms with Crippen LogP contribution in [0.25, 0.3) is 0 Å². The van der Waals surface area contributed by atoms with Crippen molar-refractivity contribution in [2.45, 2.75) is 6.42 Å². The molecule has 1 amide bonds. The largest absolute Gasteiger partial charge is 0.480 e. The van der Waals surface area contributed by atoms with E-state index in [1.54, 1.807) is 12.1 Å². The lowest BCUT2D eigenvalue weighted by molar-refractivity contribution is -0.138. The molecule has 0 aromatic carbocycles. The van der Waals surface area contributed by atoms with Crippen molar-refractivity contribution < 1.29 is 14.7 Å². The molecule has 1 aromatic rings. The van der Waals surface area contributed by atoms with E-state index in [1.165, 1.54) is 0 Å². The van der Waals surface area contributed by atoms with Crippen molar-refractivity contribution in [2.75, 3.05) is 37.6 Å². The number of primary amides is 1. The maximum atomic E-state index is 10.9. The first-order valence-electron chi connectivity index (χ1n) is 6.39. The fourth-order valence-electron chi connectivity index (χ4n) is 2.17. The summed E-state index contributed by atoms with van der Waals surface area (Å²) in [5.74, 6) is -0.747. The highest BCUT2D eigenvalue weighted by molar-refractivity contribution is 5.90. The molecule has 3 N–H and O–H groups in total. The molecule has 0 radical (unpaired) electrons. The van der Waals surface area contributed by atoms with E-state index in [9.17, 15) is 9.59 Å². The first-order valence-corrected chi connectivity index (χ1v) is 6.39. The van der Waals surface area contributed by atoms with Crippen LogP contribution in [0.3, 0.4) is 0 Å². The van der Waals surface area contributed by atoms with Crippen LogP contribution in [0.2, 0.25) is 0 Å². The molecule has 1 fully saturated rings. The molecule has 1 saturated heterocycles. The summed E-state index contributed by atoms with van der Waals surface area (Å²) in [6, 6.07) is 3.25. The molecular weight excluding hydrogens is 262 g/mol. The second-order valence-corrected chi connectivity index (χ2v) is 4.65. The number of nitrogens with zero attached hydrogens (tertiary/aromatic N) is 4. The Morgan fingerprint density at radius 1 is 1.20 bits per heavy atom. The molecule has 2 heterocycles. The predicted octanol–water partition coefficient (Wildman–Crippen LogP) is -0.828. The lowest BCUT2D eigenvalue weighted by Gasteiger charge is -2.21. The first-order chi connectivity index (χ1) is 9.56. The number of nitrogens with two attached hydrogens (primary N) is 1.